The lowest BCUT2D eigenvalue weighted by molar-refractivity contribution is 0.0323. The predicted molar refractivity (Wildman–Crippen MR) is 125 cm³/mol. The van der Waals surface area contributed by atoms with Crippen LogP contribution < -0.4 is 4.74 Å². The zero-order valence-electron chi connectivity index (χ0n) is 17.7. The van der Waals surface area contributed by atoms with Crippen LogP contribution >= 0.6 is 11.3 Å². The van der Waals surface area contributed by atoms with E-state index in [1.165, 1.54) is 17.7 Å². The van der Waals surface area contributed by atoms with Gasteiger partial charge in [0.1, 0.15) is 29.9 Å². The fourth-order valence-corrected chi connectivity index (χ4v) is 6.83. The second kappa shape index (κ2) is 8.18. The largest absolute Gasteiger partial charge is 0.490 e. The smallest absolute Gasteiger partial charge is 0.137 e. The van der Waals surface area contributed by atoms with Gasteiger partial charge in [-0.25, -0.2) is 4.39 Å². The maximum absolute atomic E-state index is 14.2. The summed E-state index contributed by atoms with van der Waals surface area (Å²) in [6, 6.07) is 16.0. The standard InChI is InChI=1S/C26H26FNO3S/c27-22-3-1-6-25-21(22)13-26(32-25)16-11-17-7-8-18(12-16)28(17)14-19(29)15-31-24-5-2-4-23-20(24)9-10-30-23/h1-6,9-10,13,16-19,29H,7-8,11-12,14-15H2/t16?,17?,18?,19-/m0/s1. The number of thiophene rings is 1. The van der Waals surface area contributed by atoms with Gasteiger partial charge in [-0.2, -0.15) is 0 Å². The third-order valence-corrected chi connectivity index (χ3v) is 8.39. The van der Waals surface area contributed by atoms with Crippen LogP contribution in [-0.2, 0) is 0 Å². The number of aliphatic hydroxyl groups is 1. The van der Waals surface area contributed by atoms with E-state index in [-0.39, 0.29) is 12.4 Å². The van der Waals surface area contributed by atoms with Crippen molar-refractivity contribution < 1.29 is 18.7 Å². The lowest BCUT2D eigenvalue weighted by Crippen LogP contribution is -2.47. The van der Waals surface area contributed by atoms with E-state index in [0.29, 0.717) is 24.5 Å². The summed E-state index contributed by atoms with van der Waals surface area (Å²) in [5.41, 5.74) is 0.790. The molecule has 6 rings (SSSR count). The monoisotopic (exact) mass is 451 g/mol. The van der Waals surface area contributed by atoms with Crippen LogP contribution in [0.2, 0.25) is 0 Å². The lowest BCUT2D eigenvalue weighted by atomic mass is 9.89. The maximum Gasteiger partial charge on any atom is 0.137 e. The van der Waals surface area contributed by atoms with Crippen molar-refractivity contribution in [2.24, 2.45) is 0 Å². The molecule has 4 aromatic rings. The molecule has 0 spiro atoms. The van der Waals surface area contributed by atoms with Gasteiger partial charge in [0.2, 0.25) is 0 Å². The Kier molecular flexibility index (Phi) is 5.17. The Labute approximate surface area is 190 Å². The summed E-state index contributed by atoms with van der Waals surface area (Å²) in [4.78, 5) is 3.79. The van der Waals surface area contributed by atoms with E-state index < -0.39 is 6.10 Å². The molecule has 2 aromatic heterocycles. The number of rotatable bonds is 6. The summed E-state index contributed by atoms with van der Waals surface area (Å²) < 4.78 is 26.6. The molecule has 6 heteroatoms. The van der Waals surface area contributed by atoms with Gasteiger partial charge in [-0.15, -0.1) is 11.3 Å². The average Bonchev–Trinajstić information content (AvgIpc) is 3.49. The first kappa shape index (κ1) is 20.2. The van der Waals surface area contributed by atoms with Crippen LogP contribution in [0.5, 0.6) is 5.75 Å². The molecule has 1 N–H and O–H groups in total. The van der Waals surface area contributed by atoms with Crippen LogP contribution in [0.1, 0.15) is 36.5 Å². The van der Waals surface area contributed by atoms with Gasteiger partial charge >= 0.3 is 0 Å². The molecule has 4 nitrogen and oxygen atoms in total. The maximum atomic E-state index is 14.2. The second-order valence-corrected chi connectivity index (χ2v) is 10.2. The molecule has 2 saturated heterocycles. The molecule has 0 aliphatic carbocycles. The highest BCUT2D eigenvalue weighted by Crippen LogP contribution is 2.46. The summed E-state index contributed by atoms with van der Waals surface area (Å²) >= 11 is 1.74. The molecular formula is C26H26FNO3S. The van der Waals surface area contributed by atoms with E-state index in [4.69, 9.17) is 9.15 Å². The zero-order valence-corrected chi connectivity index (χ0v) is 18.6. The van der Waals surface area contributed by atoms with Gasteiger partial charge in [0.05, 0.1) is 11.6 Å². The first-order valence-corrected chi connectivity index (χ1v) is 12.2. The molecule has 2 bridgehead atoms. The molecule has 3 atom stereocenters. The quantitative estimate of drug-likeness (QED) is 0.394. The number of halogens is 1. The number of hydrogen-bond donors (Lipinski definition) is 1. The predicted octanol–water partition coefficient (Wildman–Crippen LogP) is 5.94. The van der Waals surface area contributed by atoms with Gasteiger partial charge < -0.3 is 14.3 Å². The first-order chi connectivity index (χ1) is 15.7. The molecule has 0 radical (unpaired) electrons. The van der Waals surface area contributed by atoms with Crippen molar-refractivity contribution in [3.8, 4) is 5.75 Å². The van der Waals surface area contributed by atoms with Crippen molar-refractivity contribution in [1.29, 1.82) is 0 Å². The Morgan fingerprint density at radius 1 is 1.09 bits per heavy atom. The number of furan rings is 1. The van der Waals surface area contributed by atoms with Gasteiger partial charge in [0.25, 0.3) is 0 Å². The van der Waals surface area contributed by atoms with Gasteiger partial charge in [0, 0.05) is 33.6 Å². The van der Waals surface area contributed by atoms with E-state index in [0.717, 1.165) is 39.6 Å². The summed E-state index contributed by atoms with van der Waals surface area (Å²) in [7, 11) is 0. The fourth-order valence-electron chi connectivity index (χ4n) is 5.62. The zero-order chi connectivity index (χ0) is 21.7. The minimum absolute atomic E-state index is 0.125. The van der Waals surface area contributed by atoms with E-state index in [1.807, 2.05) is 30.3 Å². The van der Waals surface area contributed by atoms with Gasteiger partial charge in [0.15, 0.2) is 0 Å². The number of benzene rings is 2. The highest BCUT2D eigenvalue weighted by atomic mass is 32.1. The van der Waals surface area contributed by atoms with Crippen molar-refractivity contribution in [2.75, 3.05) is 13.2 Å². The number of aliphatic hydroxyl groups excluding tert-OH is 1. The third-order valence-electron chi connectivity index (χ3n) is 7.12. The molecule has 166 valence electrons. The second-order valence-electron chi connectivity index (χ2n) is 9.10. The van der Waals surface area contributed by atoms with Crippen LogP contribution in [0.3, 0.4) is 0 Å². The van der Waals surface area contributed by atoms with Gasteiger partial charge in [-0.3, -0.25) is 4.90 Å². The first-order valence-electron chi connectivity index (χ1n) is 11.4. The third kappa shape index (κ3) is 3.60. The van der Waals surface area contributed by atoms with Crippen molar-refractivity contribution >= 4 is 32.4 Å². The lowest BCUT2D eigenvalue weighted by Gasteiger charge is -2.39. The molecule has 32 heavy (non-hydrogen) atoms. The minimum Gasteiger partial charge on any atom is -0.490 e. The molecule has 2 aliphatic rings. The van der Waals surface area contributed by atoms with E-state index in [9.17, 15) is 9.50 Å². The molecule has 2 aliphatic heterocycles. The fraction of sp³-hybridized carbons (Fsp3) is 0.385. The topological polar surface area (TPSA) is 45.8 Å². The summed E-state index contributed by atoms with van der Waals surface area (Å²) in [5, 5.41) is 12.4. The molecule has 2 unspecified atom stereocenters. The Hall–Kier alpha value is -2.41. The molecular weight excluding hydrogens is 425 g/mol. The van der Waals surface area contributed by atoms with Crippen molar-refractivity contribution in [3.05, 3.63) is 65.5 Å². The van der Waals surface area contributed by atoms with Crippen LogP contribution in [0.4, 0.5) is 4.39 Å². The van der Waals surface area contributed by atoms with Crippen LogP contribution in [0.15, 0.2) is 59.2 Å². The van der Waals surface area contributed by atoms with Gasteiger partial charge in [-0.1, -0.05) is 12.1 Å². The highest BCUT2D eigenvalue weighted by Gasteiger charge is 2.42. The van der Waals surface area contributed by atoms with Crippen LogP contribution in [-0.4, -0.2) is 41.3 Å². The molecule has 0 amide bonds. The van der Waals surface area contributed by atoms with Crippen molar-refractivity contribution in [1.82, 2.24) is 4.90 Å². The van der Waals surface area contributed by atoms with Crippen LogP contribution in [0, 0.1) is 5.82 Å². The molecule has 4 heterocycles. The summed E-state index contributed by atoms with van der Waals surface area (Å²) in [6.07, 6.45) is 5.60. The number of fused-ring (bicyclic) bond motifs is 4. The Bertz CT molecular complexity index is 1240. The summed E-state index contributed by atoms with van der Waals surface area (Å²) in [6.45, 7) is 0.893. The number of ether oxygens (including phenoxy) is 1. The Morgan fingerprint density at radius 3 is 2.72 bits per heavy atom. The number of nitrogens with zero attached hydrogens (tertiary/aromatic N) is 1. The van der Waals surface area contributed by atoms with Crippen molar-refractivity contribution in [2.45, 2.75) is 49.8 Å². The Balaban J connectivity index is 1.10. The normalized spacial score (nSPS) is 24.4. The van der Waals surface area contributed by atoms with E-state index in [2.05, 4.69) is 11.0 Å². The number of hydrogen-bond acceptors (Lipinski definition) is 5. The SMILES string of the molecule is O[C@H](COc1cccc2occc12)CN1C2CCC1CC(c1cc3c(F)cccc3s1)C2. The average molecular weight is 452 g/mol. The Morgan fingerprint density at radius 2 is 1.91 bits per heavy atom. The van der Waals surface area contributed by atoms with E-state index in [1.54, 1.807) is 29.7 Å². The highest BCUT2D eigenvalue weighted by molar-refractivity contribution is 7.19. The number of piperidine rings is 1. The van der Waals surface area contributed by atoms with Gasteiger partial charge in [-0.05, 0) is 68.0 Å². The van der Waals surface area contributed by atoms with Crippen molar-refractivity contribution in [3.63, 3.8) is 0 Å². The van der Waals surface area contributed by atoms with E-state index >= 15 is 0 Å². The van der Waals surface area contributed by atoms with Crippen LogP contribution in [0.25, 0.3) is 21.1 Å². The minimum atomic E-state index is -0.546. The summed E-state index contributed by atoms with van der Waals surface area (Å²) in [5.74, 6) is 1.10. The molecule has 2 aromatic carbocycles. The molecule has 0 saturated carbocycles. The molecule has 2 fully saturated rings.